The fourth-order valence-electron chi connectivity index (χ4n) is 2.78. The zero-order valence-electron chi connectivity index (χ0n) is 14.4. The van der Waals surface area contributed by atoms with E-state index in [2.05, 4.69) is 15.8 Å². The number of benzene rings is 1. The van der Waals surface area contributed by atoms with Gasteiger partial charge in [-0.05, 0) is 56.4 Å². The molecule has 1 fully saturated rings. The Kier molecular flexibility index (Phi) is 7.46. The van der Waals surface area contributed by atoms with E-state index >= 15 is 0 Å². The molecule has 5 nitrogen and oxygen atoms in total. The Balaban J connectivity index is 1.88. The lowest BCUT2D eigenvalue weighted by Gasteiger charge is -2.11. The van der Waals surface area contributed by atoms with Crippen molar-refractivity contribution < 1.29 is 9.59 Å². The van der Waals surface area contributed by atoms with Gasteiger partial charge in [0, 0.05) is 23.4 Å². The summed E-state index contributed by atoms with van der Waals surface area (Å²) in [6.45, 7) is 1.96. The van der Waals surface area contributed by atoms with Crippen molar-refractivity contribution in [2.24, 2.45) is 5.10 Å². The zero-order valence-corrected chi connectivity index (χ0v) is 14.4. The molecular formula is C19H27N3O2. The molecule has 0 aliphatic heterocycles. The molecule has 2 amide bonds. The van der Waals surface area contributed by atoms with Gasteiger partial charge < -0.3 is 5.32 Å². The fourth-order valence-corrected chi connectivity index (χ4v) is 2.78. The maximum absolute atomic E-state index is 12.2. The maximum Gasteiger partial charge on any atom is 0.271 e. The second-order valence-corrected chi connectivity index (χ2v) is 6.26. The number of nitrogens with one attached hydrogen (secondary N) is 2. The molecule has 0 bridgehead atoms. The first-order valence-electron chi connectivity index (χ1n) is 8.94. The van der Waals surface area contributed by atoms with E-state index in [0.717, 1.165) is 37.8 Å². The molecule has 0 heterocycles. The third-order valence-corrected chi connectivity index (χ3v) is 4.15. The first-order chi connectivity index (χ1) is 11.7. The predicted octanol–water partition coefficient (Wildman–Crippen LogP) is 4.26. The van der Waals surface area contributed by atoms with Crippen LogP contribution in [0.5, 0.6) is 0 Å². The Labute approximate surface area is 143 Å². The average molecular weight is 329 g/mol. The van der Waals surface area contributed by atoms with E-state index in [0.29, 0.717) is 17.7 Å². The number of amides is 2. The van der Waals surface area contributed by atoms with Gasteiger partial charge in [0.2, 0.25) is 5.91 Å². The first kappa shape index (κ1) is 18.2. The number of carbonyl (C=O) groups is 2. The van der Waals surface area contributed by atoms with Crippen LogP contribution in [0.3, 0.4) is 0 Å². The number of carbonyl (C=O) groups excluding carboxylic acids is 2. The molecule has 1 aromatic carbocycles. The SMILES string of the molecule is CCCC(=O)Nc1ccc(C(=O)NN=C2CCCCCCC2)cc1. The van der Waals surface area contributed by atoms with E-state index in [1.807, 2.05) is 6.92 Å². The van der Waals surface area contributed by atoms with Crippen molar-refractivity contribution >= 4 is 23.2 Å². The number of anilines is 1. The molecular weight excluding hydrogens is 302 g/mol. The molecule has 0 radical (unpaired) electrons. The smallest absolute Gasteiger partial charge is 0.271 e. The Morgan fingerprint density at radius 1 is 1.00 bits per heavy atom. The second-order valence-electron chi connectivity index (χ2n) is 6.26. The van der Waals surface area contributed by atoms with Crippen LogP contribution >= 0.6 is 0 Å². The summed E-state index contributed by atoms with van der Waals surface area (Å²) in [5.74, 6) is -0.221. The molecule has 2 N–H and O–H groups in total. The summed E-state index contributed by atoms with van der Waals surface area (Å²) in [6, 6.07) is 6.89. The van der Waals surface area contributed by atoms with Crippen LogP contribution in [0.15, 0.2) is 29.4 Å². The van der Waals surface area contributed by atoms with Gasteiger partial charge in [0.25, 0.3) is 5.91 Å². The monoisotopic (exact) mass is 329 g/mol. The van der Waals surface area contributed by atoms with E-state index < -0.39 is 0 Å². The van der Waals surface area contributed by atoms with Gasteiger partial charge in [0.1, 0.15) is 0 Å². The lowest BCUT2D eigenvalue weighted by atomic mass is 9.99. The van der Waals surface area contributed by atoms with Crippen LogP contribution in [0.25, 0.3) is 0 Å². The first-order valence-corrected chi connectivity index (χ1v) is 8.94. The molecule has 0 unspecified atom stereocenters. The maximum atomic E-state index is 12.2. The third-order valence-electron chi connectivity index (χ3n) is 4.15. The van der Waals surface area contributed by atoms with Crippen molar-refractivity contribution in [1.82, 2.24) is 5.43 Å². The van der Waals surface area contributed by atoms with Gasteiger partial charge >= 0.3 is 0 Å². The van der Waals surface area contributed by atoms with Crippen LogP contribution in [0.1, 0.15) is 75.1 Å². The Morgan fingerprint density at radius 3 is 2.25 bits per heavy atom. The van der Waals surface area contributed by atoms with E-state index in [4.69, 9.17) is 0 Å². The van der Waals surface area contributed by atoms with Crippen LogP contribution < -0.4 is 10.7 Å². The van der Waals surface area contributed by atoms with E-state index in [1.54, 1.807) is 24.3 Å². The van der Waals surface area contributed by atoms with Crippen LogP contribution in [0.4, 0.5) is 5.69 Å². The lowest BCUT2D eigenvalue weighted by Crippen LogP contribution is -2.20. The molecule has 130 valence electrons. The fraction of sp³-hybridized carbons (Fsp3) is 0.526. The van der Waals surface area contributed by atoms with E-state index in [9.17, 15) is 9.59 Å². The van der Waals surface area contributed by atoms with Crippen molar-refractivity contribution in [3.05, 3.63) is 29.8 Å². The van der Waals surface area contributed by atoms with Gasteiger partial charge in [0.15, 0.2) is 0 Å². The Morgan fingerprint density at radius 2 is 1.62 bits per heavy atom. The van der Waals surface area contributed by atoms with Crippen molar-refractivity contribution in [2.45, 2.75) is 64.7 Å². The van der Waals surface area contributed by atoms with Crippen LogP contribution in [0, 0.1) is 0 Å². The average Bonchev–Trinajstić information content (AvgIpc) is 2.54. The molecule has 1 aliphatic rings. The molecule has 0 aromatic heterocycles. The summed E-state index contributed by atoms with van der Waals surface area (Å²) in [6.07, 6.45) is 9.37. The summed E-state index contributed by atoms with van der Waals surface area (Å²) in [5.41, 5.74) is 4.99. The Hall–Kier alpha value is -2.17. The summed E-state index contributed by atoms with van der Waals surface area (Å²) < 4.78 is 0. The highest BCUT2D eigenvalue weighted by Crippen LogP contribution is 2.15. The highest BCUT2D eigenvalue weighted by molar-refractivity contribution is 5.96. The van der Waals surface area contributed by atoms with Gasteiger partial charge in [-0.3, -0.25) is 9.59 Å². The molecule has 5 heteroatoms. The van der Waals surface area contributed by atoms with Crippen molar-refractivity contribution in [3.63, 3.8) is 0 Å². The summed E-state index contributed by atoms with van der Waals surface area (Å²) in [5, 5.41) is 7.11. The van der Waals surface area contributed by atoms with Gasteiger partial charge in [0.05, 0.1) is 0 Å². The highest BCUT2D eigenvalue weighted by atomic mass is 16.2. The van der Waals surface area contributed by atoms with E-state index in [1.165, 1.54) is 19.3 Å². The largest absolute Gasteiger partial charge is 0.326 e. The standard InChI is InChI=1S/C19H27N3O2/c1-2-8-18(23)20-16-13-11-15(12-14-16)19(24)22-21-17-9-6-4-3-5-7-10-17/h11-14H,2-10H2,1H3,(H,20,23)(H,22,24). The minimum atomic E-state index is -0.212. The molecule has 0 saturated heterocycles. The molecule has 24 heavy (non-hydrogen) atoms. The van der Waals surface area contributed by atoms with Gasteiger partial charge in [-0.15, -0.1) is 0 Å². The normalized spacial score (nSPS) is 15.1. The molecule has 0 spiro atoms. The van der Waals surface area contributed by atoms with Crippen molar-refractivity contribution in [2.75, 3.05) is 5.32 Å². The van der Waals surface area contributed by atoms with Crippen molar-refractivity contribution in [3.8, 4) is 0 Å². The number of hydrazone groups is 1. The Bertz CT molecular complexity index is 569. The van der Waals surface area contributed by atoms with Crippen LogP contribution in [0.2, 0.25) is 0 Å². The summed E-state index contributed by atoms with van der Waals surface area (Å²) >= 11 is 0. The zero-order chi connectivity index (χ0) is 17.2. The summed E-state index contributed by atoms with van der Waals surface area (Å²) in [7, 11) is 0. The van der Waals surface area contributed by atoms with E-state index in [-0.39, 0.29) is 11.8 Å². The minimum absolute atomic E-state index is 0.00890. The highest BCUT2D eigenvalue weighted by Gasteiger charge is 2.08. The quantitative estimate of drug-likeness (QED) is 0.793. The summed E-state index contributed by atoms with van der Waals surface area (Å²) in [4.78, 5) is 23.7. The molecule has 0 atom stereocenters. The molecule has 2 rings (SSSR count). The number of hydrogen-bond donors (Lipinski definition) is 2. The number of rotatable bonds is 5. The molecule has 1 aromatic rings. The van der Waals surface area contributed by atoms with Gasteiger partial charge in [-0.1, -0.05) is 26.2 Å². The second kappa shape index (κ2) is 9.85. The lowest BCUT2D eigenvalue weighted by molar-refractivity contribution is -0.116. The topological polar surface area (TPSA) is 70.6 Å². The van der Waals surface area contributed by atoms with Crippen molar-refractivity contribution in [1.29, 1.82) is 0 Å². The number of hydrogen-bond acceptors (Lipinski definition) is 3. The van der Waals surface area contributed by atoms with Crippen LogP contribution in [-0.4, -0.2) is 17.5 Å². The third kappa shape index (κ3) is 6.14. The predicted molar refractivity (Wildman–Crippen MR) is 97.2 cm³/mol. The molecule has 1 aliphatic carbocycles. The van der Waals surface area contributed by atoms with Gasteiger partial charge in [-0.25, -0.2) is 5.43 Å². The minimum Gasteiger partial charge on any atom is -0.326 e. The molecule has 1 saturated carbocycles. The van der Waals surface area contributed by atoms with Crippen LogP contribution in [-0.2, 0) is 4.79 Å². The number of nitrogens with zero attached hydrogens (tertiary/aromatic N) is 1. The van der Waals surface area contributed by atoms with Gasteiger partial charge in [-0.2, -0.15) is 5.10 Å².